The third-order valence-corrected chi connectivity index (χ3v) is 3.44. The molecule has 0 saturated carbocycles. The second-order valence-electron chi connectivity index (χ2n) is 4.69. The maximum atomic E-state index is 5.17. The van der Waals surface area contributed by atoms with Gasteiger partial charge in [-0.3, -0.25) is 0 Å². The van der Waals surface area contributed by atoms with Crippen molar-refractivity contribution in [3.05, 3.63) is 29.8 Å². The Morgan fingerprint density at radius 3 is 2.47 bits per heavy atom. The van der Waals surface area contributed by atoms with Crippen LogP contribution in [0.15, 0.2) is 24.3 Å². The topological polar surface area (TPSA) is 33.3 Å². The van der Waals surface area contributed by atoms with Gasteiger partial charge in [0, 0.05) is 12.1 Å². The van der Waals surface area contributed by atoms with Gasteiger partial charge in [-0.05, 0) is 50.6 Å². The minimum atomic E-state index is 0.406. The van der Waals surface area contributed by atoms with Crippen LogP contribution in [0.2, 0.25) is 0 Å². The predicted molar refractivity (Wildman–Crippen MR) is 70.4 cm³/mol. The molecule has 1 aromatic carbocycles. The Kier molecular flexibility index (Phi) is 4.40. The number of benzene rings is 1. The first kappa shape index (κ1) is 12.4. The molecule has 3 heteroatoms. The minimum absolute atomic E-state index is 0.406. The Bertz CT molecular complexity index is 331. The fourth-order valence-corrected chi connectivity index (χ4v) is 2.33. The van der Waals surface area contributed by atoms with Crippen LogP contribution in [-0.4, -0.2) is 26.2 Å². The normalized spacial score (nSPS) is 18.9. The molecule has 0 spiro atoms. The van der Waals surface area contributed by atoms with Crippen molar-refractivity contribution in [1.82, 2.24) is 10.6 Å². The zero-order chi connectivity index (χ0) is 12.1. The van der Waals surface area contributed by atoms with E-state index in [1.54, 1.807) is 7.11 Å². The Morgan fingerprint density at radius 2 is 1.88 bits per heavy atom. The highest BCUT2D eigenvalue weighted by Crippen LogP contribution is 2.18. The SMILES string of the molecule is COc1ccc(C(C)NC2CCNCC2)cc1. The summed E-state index contributed by atoms with van der Waals surface area (Å²) in [5.41, 5.74) is 1.32. The molecule has 1 aromatic rings. The standard InChI is InChI=1S/C14H22N2O/c1-11(16-13-7-9-15-10-8-13)12-3-5-14(17-2)6-4-12/h3-6,11,13,15-16H,7-10H2,1-2H3. The van der Waals surface area contributed by atoms with E-state index in [0.29, 0.717) is 12.1 Å². The summed E-state index contributed by atoms with van der Waals surface area (Å²) in [7, 11) is 1.70. The maximum Gasteiger partial charge on any atom is 0.118 e. The second-order valence-corrected chi connectivity index (χ2v) is 4.69. The monoisotopic (exact) mass is 234 g/mol. The average molecular weight is 234 g/mol. The average Bonchev–Trinajstić information content (AvgIpc) is 2.40. The van der Waals surface area contributed by atoms with E-state index >= 15 is 0 Å². The van der Waals surface area contributed by atoms with E-state index in [1.165, 1.54) is 18.4 Å². The van der Waals surface area contributed by atoms with Crippen molar-refractivity contribution in [3.8, 4) is 5.75 Å². The fraction of sp³-hybridized carbons (Fsp3) is 0.571. The Hall–Kier alpha value is -1.06. The lowest BCUT2D eigenvalue weighted by Gasteiger charge is -2.27. The lowest BCUT2D eigenvalue weighted by molar-refractivity contribution is 0.359. The molecular weight excluding hydrogens is 212 g/mol. The van der Waals surface area contributed by atoms with Crippen molar-refractivity contribution in [2.75, 3.05) is 20.2 Å². The van der Waals surface area contributed by atoms with E-state index in [2.05, 4.69) is 29.7 Å². The molecule has 1 heterocycles. The highest BCUT2D eigenvalue weighted by atomic mass is 16.5. The van der Waals surface area contributed by atoms with E-state index in [9.17, 15) is 0 Å². The van der Waals surface area contributed by atoms with E-state index in [-0.39, 0.29) is 0 Å². The number of piperidine rings is 1. The van der Waals surface area contributed by atoms with E-state index < -0.39 is 0 Å². The summed E-state index contributed by atoms with van der Waals surface area (Å²) in [6.45, 7) is 4.49. The number of hydrogen-bond acceptors (Lipinski definition) is 3. The predicted octanol–water partition coefficient (Wildman–Crippen LogP) is 2.10. The Morgan fingerprint density at radius 1 is 1.24 bits per heavy atom. The summed E-state index contributed by atoms with van der Waals surface area (Å²) in [5, 5.41) is 7.08. The van der Waals surface area contributed by atoms with Crippen molar-refractivity contribution < 1.29 is 4.74 Å². The molecule has 2 N–H and O–H groups in total. The van der Waals surface area contributed by atoms with Crippen molar-refractivity contribution in [3.63, 3.8) is 0 Å². The van der Waals surface area contributed by atoms with Gasteiger partial charge in [-0.2, -0.15) is 0 Å². The van der Waals surface area contributed by atoms with Gasteiger partial charge in [0.2, 0.25) is 0 Å². The zero-order valence-electron chi connectivity index (χ0n) is 10.7. The van der Waals surface area contributed by atoms with E-state index in [4.69, 9.17) is 4.74 Å². The van der Waals surface area contributed by atoms with Crippen molar-refractivity contribution in [2.45, 2.75) is 31.8 Å². The summed E-state index contributed by atoms with van der Waals surface area (Å²) in [5.74, 6) is 0.919. The van der Waals surface area contributed by atoms with Gasteiger partial charge >= 0.3 is 0 Å². The third-order valence-electron chi connectivity index (χ3n) is 3.44. The van der Waals surface area contributed by atoms with Gasteiger partial charge < -0.3 is 15.4 Å². The van der Waals surface area contributed by atoms with Crippen LogP contribution in [0.5, 0.6) is 5.75 Å². The van der Waals surface area contributed by atoms with Gasteiger partial charge in [0.05, 0.1) is 7.11 Å². The smallest absolute Gasteiger partial charge is 0.118 e. The molecular formula is C14H22N2O. The highest BCUT2D eigenvalue weighted by Gasteiger charge is 2.15. The fourth-order valence-electron chi connectivity index (χ4n) is 2.33. The maximum absolute atomic E-state index is 5.17. The molecule has 1 aliphatic rings. The first-order valence-corrected chi connectivity index (χ1v) is 6.40. The summed E-state index contributed by atoms with van der Waals surface area (Å²) in [6, 6.07) is 9.37. The second kappa shape index (κ2) is 6.03. The number of nitrogens with one attached hydrogen (secondary N) is 2. The quantitative estimate of drug-likeness (QED) is 0.837. The van der Waals surface area contributed by atoms with Gasteiger partial charge in [0.25, 0.3) is 0 Å². The minimum Gasteiger partial charge on any atom is -0.497 e. The molecule has 1 atom stereocenters. The van der Waals surface area contributed by atoms with Crippen LogP contribution >= 0.6 is 0 Å². The molecule has 94 valence electrons. The first-order chi connectivity index (χ1) is 8.29. The molecule has 0 aliphatic carbocycles. The van der Waals surface area contributed by atoms with Gasteiger partial charge in [0.15, 0.2) is 0 Å². The Labute approximate surface area is 104 Å². The number of rotatable bonds is 4. The first-order valence-electron chi connectivity index (χ1n) is 6.40. The molecule has 2 rings (SSSR count). The van der Waals surface area contributed by atoms with Gasteiger partial charge in [-0.1, -0.05) is 12.1 Å². The summed E-state index contributed by atoms with van der Waals surface area (Å²) >= 11 is 0. The van der Waals surface area contributed by atoms with Crippen LogP contribution in [0, 0.1) is 0 Å². The van der Waals surface area contributed by atoms with Gasteiger partial charge in [0.1, 0.15) is 5.75 Å². The lowest BCUT2D eigenvalue weighted by Crippen LogP contribution is -2.40. The van der Waals surface area contributed by atoms with Crippen LogP contribution in [0.3, 0.4) is 0 Å². The number of ether oxygens (including phenoxy) is 1. The molecule has 1 aliphatic heterocycles. The van der Waals surface area contributed by atoms with Gasteiger partial charge in [-0.15, -0.1) is 0 Å². The van der Waals surface area contributed by atoms with Crippen LogP contribution in [0.1, 0.15) is 31.4 Å². The van der Waals surface area contributed by atoms with Crippen LogP contribution in [0.25, 0.3) is 0 Å². The number of methoxy groups -OCH3 is 1. The van der Waals surface area contributed by atoms with Crippen molar-refractivity contribution in [2.24, 2.45) is 0 Å². The molecule has 0 amide bonds. The number of hydrogen-bond donors (Lipinski definition) is 2. The molecule has 0 aromatic heterocycles. The molecule has 1 saturated heterocycles. The molecule has 3 nitrogen and oxygen atoms in total. The molecule has 0 radical (unpaired) electrons. The van der Waals surface area contributed by atoms with Crippen molar-refractivity contribution >= 4 is 0 Å². The summed E-state index contributed by atoms with van der Waals surface area (Å²) < 4.78 is 5.17. The van der Waals surface area contributed by atoms with Crippen molar-refractivity contribution in [1.29, 1.82) is 0 Å². The summed E-state index contributed by atoms with van der Waals surface area (Å²) in [6.07, 6.45) is 2.45. The molecule has 17 heavy (non-hydrogen) atoms. The molecule has 1 unspecified atom stereocenters. The van der Waals surface area contributed by atoms with E-state index in [1.807, 2.05) is 12.1 Å². The lowest BCUT2D eigenvalue weighted by atomic mass is 10.0. The summed E-state index contributed by atoms with van der Waals surface area (Å²) in [4.78, 5) is 0. The Balaban J connectivity index is 1.91. The van der Waals surface area contributed by atoms with E-state index in [0.717, 1.165) is 18.8 Å². The molecule has 0 bridgehead atoms. The van der Waals surface area contributed by atoms with Crippen LogP contribution in [0.4, 0.5) is 0 Å². The van der Waals surface area contributed by atoms with Gasteiger partial charge in [-0.25, -0.2) is 0 Å². The van der Waals surface area contributed by atoms with Crippen LogP contribution < -0.4 is 15.4 Å². The zero-order valence-corrected chi connectivity index (χ0v) is 10.7. The highest BCUT2D eigenvalue weighted by molar-refractivity contribution is 5.28. The third kappa shape index (κ3) is 3.45. The largest absolute Gasteiger partial charge is 0.497 e. The molecule has 1 fully saturated rings. The van der Waals surface area contributed by atoms with Crippen LogP contribution in [-0.2, 0) is 0 Å².